The molecule has 1 amide bonds. The highest BCUT2D eigenvalue weighted by atomic mass is 32.1. The molecule has 0 spiro atoms. The van der Waals surface area contributed by atoms with Crippen molar-refractivity contribution >= 4 is 27.3 Å². The van der Waals surface area contributed by atoms with Gasteiger partial charge in [0.05, 0.1) is 5.56 Å². The van der Waals surface area contributed by atoms with Crippen molar-refractivity contribution in [3.8, 4) is 0 Å². The molecule has 0 unspecified atom stereocenters. The second-order valence-corrected chi connectivity index (χ2v) is 6.70. The van der Waals surface area contributed by atoms with Gasteiger partial charge in [-0.25, -0.2) is 0 Å². The van der Waals surface area contributed by atoms with E-state index in [0.29, 0.717) is 6.04 Å². The van der Waals surface area contributed by atoms with E-state index in [-0.39, 0.29) is 5.91 Å². The van der Waals surface area contributed by atoms with Crippen LogP contribution in [0.4, 0.5) is 0 Å². The molecule has 2 aliphatic heterocycles. The van der Waals surface area contributed by atoms with Crippen LogP contribution in [0.15, 0.2) is 29.6 Å². The molecule has 5 heteroatoms. The number of hydrogen-bond acceptors (Lipinski definition) is 4. The highest BCUT2D eigenvalue weighted by molar-refractivity contribution is 7.17. The van der Waals surface area contributed by atoms with Gasteiger partial charge in [-0.15, -0.1) is 11.3 Å². The second kappa shape index (κ2) is 5.40. The van der Waals surface area contributed by atoms with Gasteiger partial charge in [-0.3, -0.25) is 9.69 Å². The number of amides is 1. The number of hydrogen-bond donors (Lipinski definition) is 1. The Morgan fingerprint density at radius 3 is 2.62 bits per heavy atom. The summed E-state index contributed by atoms with van der Waals surface area (Å²) in [4.78, 5) is 17.3. The minimum Gasteiger partial charge on any atom is -0.336 e. The van der Waals surface area contributed by atoms with Crippen molar-refractivity contribution in [3.05, 3.63) is 35.2 Å². The van der Waals surface area contributed by atoms with E-state index in [4.69, 9.17) is 0 Å². The summed E-state index contributed by atoms with van der Waals surface area (Å²) in [7, 11) is 0. The number of benzene rings is 1. The SMILES string of the molecule is O=C(c1csc2ccccc12)N1CCN(C2CNC2)CC1. The zero-order valence-electron chi connectivity index (χ0n) is 11.9. The van der Waals surface area contributed by atoms with Gasteiger partial charge in [0.2, 0.25) is 0 Å². The average molecular weight is 301 g/mol. The Hall–Kier alpha value is -1.43. The van der Waals surface area contributed by atoms with Gasteiger partial charge in [0.15, 0.2) is 0 Å². The first-order chi connectivity index (χ1) is 10.3. The lowest BCUT2D eigenvalue weighted by atomic mass is 10.1. The number of carbonyl (C=O) groups is 1. The molecule has 4 nitrogen and oxygen atoms in total. The van der Waals surface area contributed by atoms with Gasteiger partial charge in [0, 0.05) is 60.8 Å². The molecule has 0 radical (unpaired) electrons. The van der Waals surface area contributed by atoms with E-state index in [9.17, 15) is 4.79 Å². The van der Waals surface area contributed by atoms with Crippen molar-refractivity contribution in [2.75, 3.05) is 39.3 Å². The van der Waals surface area contributed by atoms with Crippen molar-refractivity contribution in [2.45, 2.75) is 6.04 Å². The van der Waals surface area contributed by atoms with Crippen LogP contribution in [-0.2, 0) is 0 Å². The number of nitrogens with one attached hydrogen (secondary N) is 1. The molecule has 3 heterocycles. The van der Waals surface area contributed by atoms with E-state index in [2.05, 4.69) is 22.3 Å². The van der Waals surface area contributed by atoms with E-state index in [0.717, 1.165) is 50.2 Å². The van der Waals surface area contributed by atoms with Crippen LogP contribution in [0, 0.1) is 0 Å². The minimum absolute atomic E-state index is 0.193. The Morgan fingerprint density at radius 2 is 1.90 bits per heavy atom. The number of carbonyl (C=O) groups excluding carboxylic acids is 1. The van der Waals surface area contributed by atoms with Gasteiger partial charge >= 0.3 is 0 Å². The summed E-state index contributed by atoms with van der Waals surface area (Å²) in [6, 6.07) is 8.85. The largest absolute Gasteiger partial charge is 0.336 e. The quantitative estimate of drug-likeness (QED) is 0.916. The summed E-state index contributed by atoms with van der Waals surface area (Å²) in [6.45, 7) is 5.89. The van der Waals surface area contributed by atoms with Crippen molar-refractivity contribution in [1.29, 1.82) is 0 Å². The molecule has 0 bridgehead atoms. The van der Waals surface area contributed by atoms with Crippen LogP contribution in [0.1, 0.15) is 10.4 Å². The van der Waals surface area contributed by atoms with E-state index >= 15 is 0 Å². The topological polar surface area (TPSA) is 35.6 Å². The summed E-state index contributed by atoms with van der Waals surface area (Å²) < 4.78 is 1.19. The molecule has 1 aromatic carbocycles. The van der Waals surface area contributed by atoms with Gasteiger partial charge in [0.25, 0.3) is 5.91 Å². The fraction of sp³-hybridized carbons (Fsp3) is 0.438. The lowest BCUT2D eigenvalue weighted by molar-refractivity contribution is 0.0504. The maximum atomic E-state index is 12.7. The van der Waals surface area contributed by atoms with Crippen LogP contribution in [0.5, 0.6) is 0 Å². The van der Waals surface area contributed by atoms with Crippen LogP contribution in [0.3, 0.4) is 0 Å². The van der Waals surface area contributed by atoms with Crippen LogP contribution in [-0.4, -0.2) is 61.0 Å². The number of piperazine rings is 1. The molecule has 2 aromatic rings. The van der Waals surface area contributed by atoms with E-state index in [1.54, 1.807) is 11.3 Å². The second-order valence-electron chi connectivity index (χ2n) is 5.79. The summed E-state index contributed by atoms with van der Waals surface area (Å²) in [6.07, 6.45) is 0. The molecular weight excluding hydrogens is 282 g/mol. The molecule has 4 rings (SSSR count). The number of rotatable bonds is 2. The first-order valence-corrected chi connectivity index (χ1v) is 8.41. The molecule has 0 saturated carbocycles. The van der Waals surface area contributed by atoms with E-state index < -0.39 is 0 Å². The minimum atomic E-state index is 0.193. The molecular formula is C16H19N3OS. The van der Waals surface area contributed by atoms with Gasteiger partial charge in [-0.05, 0) is 6.07 Å². The lowest BCUT2D eigenvalue weighted by Gasteiger charge is -2.43. The maximum Gasteiger partial charge on any atom is 0.255 e. The highest BCUT2D eigenvalue weighted by Crippen LogP contribution is 2.27. The molecule has 21 heavy (non-hydrogen) atoms. The Bertz CT molecular complexity index is 656. The van der Waals surface area contributed by atoms with Gasteiger partial charge < -0.3 is 10.2 Å². The number of nitrogens with zero attached hydrogens (tertiary/aromatic N) is 2. The Balaban J connectivity index is 1.48. The molecule has 1 aromatic heterocycles. The Kier molecular flexibility index (Phi) is 3.41. The predicted octanol–water partition coefficient (Wildman–Crippen LogP) is 1.63. The smallest absolute Gasteiger partial charge is 0.255 e. The summed E-state index contributed by atoms with van der Waals surface area (Å²) in [5.74, 6) is 0.193. The Labute approximate surface area is 128 Å². The monoisotopic (exact) mass is 301 g/mol. The van der Waals surface area contributed by atoms with Gasteiger partial charge in [-0.1, -0.05) is 18.2 Å². The molecule has 1 N–H and O–H groups in total. The molecule has 2 saturated heterocycles. The van der Waals surface area contributed by atoms with Crippen molar-refractivity contribution in [2.24, 2.45) is 0 Å². The molecule has 0 aliphatic carbocycles. The third-order valence-corrected chi connectivity index (χ3v) is 5.55. The predicted molar refractivity (Wildman–Crippen MR) is 86.0 cm³/mol. The fourth-order valence-corrected chi connectivity index (χ4v) is 4.07. The van der Waals surface area contributed by atoms with Crippen LogP contribution >= 0.6 is 11.3 Å². The first-order valence-electron chi connectivity index (χ1n) is 7.53. The third-order valence-electron chi connectivity index (χ3n) is 4.59. The third kappa shape index (κ3) is 2.35. The Morgan fingerprint density at radius 1 is 1.14 bits per heavy atom. The summed E-state index contributed by atoms with van der Waals surface area (Å²) >= 11 is 1.66. The standard InChI is InChI=1S/C16H19N3OS/c20-16(14-11-21-15-4-2-1-3-13(14)15)19-7-5-18(6-8-19)12-9-17-10-12/h1-4,11-12,17H,5-10H2. The van der Waals surface area contributed by atoms with E-state index in [1.807, 2.05) is 22.4 Å². The first kappa shape index (κ1) is 13.2. The highest BCUT2D eigenvalue weighted by Gasteiger charge is 2.30. The zero-order chi connectivity index (χ0) is 14.2. The number of thiophene rings is 1. The fourth-order valence-electron chi connectivity index (χ4n) is 3.14. The molecule has 110 valence electrons. The van der Waals surface area contributed by atoms with Crippen molar-refractivity contribution in [3.63, 3.8) is 0 Å². The van der Waals surface area contributed by atoms with Gasteiger partial charge in [-0.2, -0.15) is 0 Å². The average Bonchev–Trinajstić information content (AvgIpc) is 2.89. The number of fused-ring (bicyclic) bond motifs is 1. The van der Waals surface area contributed by atoms with E-state index in [1.165, 1.54) is 4.70 Å². The molecule has 0 atom stereocenters. The van der Waals surface area contributed by atoms with Crippen molar-refractivity contribution in [1.82, 2.24) is 15.1 Å². The van der Waals surface area contributed by atoms with Crippen molar-refractivity contribution < 1.29 is 4.79 Å². The van der Waals surface area contributed by atoms with Crippen LogP contribution in [0.25, 0.3) is 10.1 Å². The summed E-state index contributed by atoms with van der Waals surface area (Å²) in [5.41, 5.74) is 0.870. The summed E-state index contributed by atoms with van der Waals surface area (Å²) in [5, 5.41) is 6.42. The normalized spacial score (nSPS) is 20.7. The van der Waals surface area contributed by atoms with Gasteiger partial charge in [0.1, 0.15) is 0 Å². The lowest BCUT2D eigenvalue weighted by Crippen LogP contribution is -2.62. The molecule has 2 aliphatic rings. The van der Waals surface area contributed by atoms with Crippen LogP contribution < -0.4 is 5.32 Å². The molecule has 2 fully saturated rings. The van der Waals surface area contributed by atoms with Crippen LogP contribution in [0.2, 0.25) is 0 Å². The zero-order valence-corrected chi connectivity index (χ0v) is 12.7. The maximum absolute atomic E-state index is 12.7.